The van der Waals surface area contributed by atoms with Gasteiger partial charge in [-0.1, -0.05) is 12.1 Å². The molecule has 2 aromatic rings. The van der Waals surface area contributed by atoms with Gasteiger partial charge in [-0.3, -0.25) is 9.59 Å². The number of nitrogens with one attached hydrogen (secondary N) is 1. The van der Waals surface area contributed by atoms with Crippen LogP contribution in [0.25, 0.3) is 11.0 Å². The van der Waals surface area contributed by atoms with Crippen LogP contribution in [-0.4, -0.2) is 57.4 Å². The SMILES string of the molecule is CSCC[C@H](NC(C)=O)C(=O)N1CC[C@@H](n2c(C)nc3ccccc32)C1. The van der Waals surface area contributed by atoms with Crippen molar-refractivity contribution in [3.05, 3.63) is 30.1 Å². The van der Waals surface area contributed by atoms with E-state index in [0.29, 0.717) is 19.5 Å². The molecule has 0 unspecified atom stereocenters. The van der Waals surface area contributed by atoms with Crippen molar-refractivity contribution in [3.63, 3.8) is 0 Å². The van der Waals surface area contributed by atoms with E-state index in [2.05, 4.69) is 20.9 Å². The zero-order valence-electron chi connectivity index (χ0n) is 15.6. The first kappa shape index (κ1) is 18.8. The van der Waals surface area contributed by atoms with Crippen molar-refractivity contribution in [1.82, 2.24) is 19.8 Å². The Balaban J connectivity index is 1.75. The maximum Gasteiger partial charge on any atom is 0.245 e. The highest BCUT2D eigenvalue weighted by Gasteiger charge is 2.32. The predicted molar refractivity (Wildman–Crippen MR) is 105 cm³/mol. The summed E-state index contributed by atoms with van der Waals surface area (Å²) >= 11 is 1.68. The Morgan fingerprint density at radius 1 is 1.38 bits per heavy atom. The summed E-state index contributed by atoms with van der Waals surface area (Å²) in [5.41, 5.74) is 2.11. The molecule has 1 N–H and O–H groups in total. The zero-order chi connectivity index (χ0) is 18.7. The van der Waals surface area contributed by atoms with E-state index in [1.54, 1.807) is 11.8 Å². The molecule has 0 aliphatic carbocycles. The van der Waals surface area contributed by atoms with E-state index >= 15 is 0 Å². The number of fused-ring (bicyclic) bond motifs is 1. The van der Waals surface area contributed by atoms with Crippen LogP contribution in [0.3, 0.4) is 0 Å². The summed E-state index contributed by atoms with van der Waals surface area (Å²) in [6.07, 6.45) is 3.57. The molecule has 1 aromatic carbocycles. The smallest absolute Gasteiger partial charge is 0.245 e. The standard InChI is InChI=1S/C19H26N4O2S/c1-13-20-16-6-4-5-7-18(16)23(13)15-8-10-22(12-15)19(25)17(9-11-26-3)21-14(2)24/h4-7,15,17H,8-12H2,1-3H3,(H,21,24)/t15-,17+/m1/s1. The molecule has 0 bridgehead atoms. The molecular formula is C19H26N4O2S. The fourth-order valence-corrected chi connectivity index (χ4v) is 4.21. The van der Waals surface area contributed by atoms with Crippen LogP contribution >= 0.6 is 11.8 Å². The Morgan fingerprint density at radius 2 is 2.15 bits per heavy atom. The van der Waals surface area contributed by atoms with Crippen LogP contribution in [0.15, 0.2) is 24.3 Å². The molecule has 0 spiro atoms. The van der Waals surface area contributed by atoms with Crippen molar-refractivity contribution in [1.29, 1.82) is 0 Å². The van der Waals surface area contributed by atoms with Crippen molar-refractivity contribution in [3.8, 4) is 0 Å². The highest BCUT2D eigenvalue weighted by molar-refractivity contribution is 7.98. The molecule has 1 fully saturated rings. The van der Waals surface area contributed by atoms with E-state index in [9.17, 15) is 9.59 Å². The summed E-state index contributed by atoms with van der Waals surface area (Å²) in [6.45, 7) is 4.86. The van der Waals surface area contributed by atoms with E-state index in [1.807, 2.05) is 36.3 Å². The Kier molecular flexibility index (Phi) is 5.86. The van der Waals surface area contributed by atoms with Gasteiger partial charge in [0, 0.05) is 20.0 Å². The van der Waals surface area contributed by atoms with E-state index in [1.165, 1.54) is 6.92 Å². The number of aromatic nitrogens is 2. The molecule has 2 atom stereocenters. The van der Waals surface area contributed by atoms with Gasteiger partial charge < -0.3 is 14.8 Å². The molecule has 1 aliphatic rings. The summed E-state index contributed by atoms with van der Waals surface area (Å²) in [7, 11) is 0. The maximum absolute atomic E-state index is 12.9. The minimum atomic E-state index is -0.431. The summed E-state index contributed by atoms with van der Waals surface area (Å²) < 4.78 is 2.25. The predicted octanol–water partition coefficient (Wildman–Crippen LogP) is 2.38. The number of amides is 2. The first-order chi connectivity index (χ1) is 12.5. The van der Waals surface area contributed by atoms with Gasteiger partial charge in [-0.25, -0.2) is 4.98 Å². The van der Waals surface area contributed by atoms with Gasteiger partial charge in [-0.15, -0.1) is 0 Å². The number of hydrogen-bond donors (Lipinski definition) is 1. The molecule has 1 aromatic heterocycles. The average Bonchev–Trinajstić information content (AvgIpc) is 3.20. The van der Waals surface area contributed by atoms with Gasteiger partial charge in [0.15, 0.2) is 0 Å². The number of carbonyl (C=O) groups is 2. The molecule has 2 heterocycles. The monoisotopic (exact) mass is 374 g/mol. The van der Waals surface area contributed by atoms with E-state index in [-0.39, 0.29) is 17.9 Å². The summed E-state index contributed by atoms with van der Waals surface area (Å²) in [6, 6.07) is 7.91. The summed E-state index contributed by atoms with van der Waals surface area (Å²) in [5, 5.41) is 2.82. The molecule has 3 rings (SSSR count). The van der Waals surface area contributed by atoms with Gasteiger partial charge in [0.05, 0.1) is 17.1 Å². The minimum Gasteiger partial charge on any atom is -0.345 e. The number of thioether (sulfide) groups is 1. The number of nitrogens with zero attached hydrogens (tertiary/aromatic N) is 3. The van der Waals surface area contributed by atoms with E-state index < -0.39 is 6.04 Å². The third-order valence-electron chi connectivity index (χ3n) is 4.90. The number of hydrogen-bond acceptors (Lipinski definition) is 4. The van der Waals surface area contributed by atoms with Crippen molar-refractivity contribution in [2.45, 2.75) is 38.8 Å². The fraction of sp³-hybridized carbons (Fsp3) is 0.526. The van der Waals surface area contributed by atoms with Crippen LogP contribution in [0, 0.1) is 6.92 Å². The van der Waals surface area contributed by atoms with Gasteiger partial charge in [-0.2, -0.15) is 11.8 Å². The number of para-hydroxylation sites is 2. The molecule has 7 heteroatoms. The molecule has 2 amide bonds. The summed E-state index contributed by atoms with van der Waals surface area (Å²) in [4.78, 5) is 30.9. The Hall–Kier alpha value is -2.02. The van der Waals surface area contributed by atoms with E-state index in [0.717, 1.165) is 29.0 Å². The molecule has 140 valence electrons. The second kappa shape index (κ2) is 8.12. The van der Waals surface area contributed by atoms with Gasteiger partial charge in [0.25, 0.3) is 0 Å². The normalized spacial score (nSPS) is 18.3. The highest BCUT2D eigenvalue weighted by atomic mass is 32.2. The van der Waals surface area contributed by atoms with E-state index in [4.69, 9.17) is 0 Å². The lowest BCUT2D eigenvalue weighted by Crippen LogP contribution is -2.47. The van der Waals surface area contributed by atoms with Crippen LogP contribution in [-0.2, 0) is 9.59 Å². The third kappa shape index (κ3) is 3.87. The first-order valence-corrected chi connectivity index (χ1v) is 10.4. The largest absolute Gasteiger partial charge is 0.345 e. The molecule has 26 heavy (non-hydrogen) atoms. The maximum atomic E-state index is 12.9. The van der Waals surface area contributed by atoms with Gasteiger partial charge in [0.1, 0.15) is 11.9 Å². The molecule has 1 aliphatic heterocycles. The number of benzene rings is 1. The Labute approximate surface area is 158 Å². The molecule has 6 nitrogen and oxygen atoms in total. The third-order valence-corrected chi connectivity index (χ3v) is 5.54. The lowest BCUT2D eigenvalue weighted by Gasteiger charge is -2.24. The number of imidazole rings is 1. The lowest BCUT2D eigenvalue weighted by atomic mass is 10.2. The second-order valence-corrected chi connectivity index (χ2v) is 7.76. The lowest BCUT2D eigenvalue weighted by molar-refractivity contribution is -0.135. The molecule has 1 saturated heterocycles. The second-order valence-electron chi connectivity index (χ2n) is 6.78. The number of aryl methyl sites for hydroxylation is 1. The Morgan fingerprint density at radius 3 is 2.88 bits per heavy atom. The Bertz CT molecular complexity index is 804. The van der Waals surface area contributed by atoms with Crippen molar-refractivity contribution >= 4 is 34.6 Å². The number of likely N-dealkylation sites (tertiary alicyclic amines) is 1. The first-order valence-electron chi connectivity index (χ1n) is 8.99. The van der Waals surface area contributed by atoms with Crippen molar-refractivity contribution in [2.75, 3.05) is 25.1 Å². The average molecular weight is 375 g/mol. The zero-order valence-corrected chi connectivity index (χ0v) is 16.4. The van der Waals surface area contributed by atoms with Crippen LogP contribution < -0.4 is 5.32 Å². The van der Waals surface area contributed by atoms with Crippen LogP contribution in [0.1, 0.15) is 31.6 Å². The molecule has 0 radical (unpaired) electrons. The topological polar surface area (TPSA) is 67.2 Å². The van der Waals surface area contributed by atoms with Crippen molar-refractivity contribution in [2.24, 2.45) is 0 Å². The molecular weight excluding hydrogens is 348 g/mol. The minimum absolute atomic E-state index is 0.0267. The van der Waals surface area contributed by atoms with Gasteiger partial charge >= 0.3 is 0 Å². The number of carbonyl (C=O) groups excluding carboxylic acids is 2. The van der Waals surface area contributed by atoms with Gasteiger partial charge in [-0.05, 0) is 43.9 Å². The van der Waals surface area contributed by atoms with Gasteiger partial charge in [0.2, 0.25) is 11.8 Å². The van der Waals surface area contributed by atoms with Crippen LogP contribution in [0.4, 0.5) is 0 Å². The fourth-order valence-electron chi connectivity index (χ4n) is 3.74. The number of rotatable bonds is 6. The van der Waals surface area contributed by atoms with Crippen LogP contribution in [0.2, 0.25) is 0 Å². The van der Waals surface area contributed by atoms with Crippen molar-refractivity contribution < 1.29 is 9.59 Å². The molecule has 0 saturated carbocycles. The highest BCUT2D eigenvalue weighted by Crippen LogP contribution is 2.28. The quantitative estimate of drug-likeness (QED) is 0.843. The summed E-state index contributed by atoms with van der Waals surface area (Å²) in [5.74, 6) is 1.70. The van der Waals surface area contributed by atoms with Crippen LogP contribution in [0.5, 0.6) is 0 Å².